The topological polar surface area (TPSA) is 0 Å². The Kier molecular flexibility index (Phi) is 16.2. The average Bonchev–Trinajstić information content (AvgIpc) is 1.69. The standard InChI is InChI=1S/C5H6BrCl.Mg.2H/c6-4-2-1-3-5-7;;;/h1,3,5H2;;;/q;+2;2*-1. The summed E-state index contributed by atoms with van der Waals surface area (Å²) < 4.78 is 0. The summed E-state index contributed by atoms with van der Waals surface area (Å²) in [5.41, 5.74) is 0. The number of hydrogen-bond acceptors (Lipinski definition) is 0. The minimum atomic E-state index is 0. The van der Waals surface area contributed by atoms with Gasteiger partial charge in [0.15, 0.2) is 0 Å². The predicted molar refractivity (Wildman–Crippen MR) is 44.6 cm³/mol. The van der Waals surface area contributed by atoms with Crippen molar-refractivity contribution in [3.63, 3.8) is 0 Å². The zero-order valence-electron chi connectivity index (χ0n) is 6.58. The van der Waals surface area contributed by atoms with E-state index >= 15 is 0 Å². The zero-order valence-corrected chi connectivity index (χ0v) is 8.34. The van der Waals surface area contributed by atoms with Crippen molar-refractivity contribution >= 4 is 50.6 Å². The molecular weight excluding hydrogens is 200 g/mol. The summed E-state index contributed by atoms with van der Waals surface area (Å²) >= 11 is 8.33. The van der Waals surface area contributed by atoms with E-state index in [4.69, 9.17) is 11.6 Å². The third kappa shape index (κ3) is 10.2. The minimum absolute atomic E-state index is 0. The van der Waals surface area contributed by atoms with Crippen molar-refractivity contribution in [3.8, 4) is 10.8 Å². The van der Waals surface area contributed by atoms with Crippen LogP contribution < -0.4 is 0 Å². The molecule has 0 aromatic heterocycles. The molecule has 0 fully saturated rings. The second kappa shape index (κ2) is 11.0. The molecule has 0 radical (unpaired) electrons. The van der Waals surface area contributed by atoms with Crippen LogP contribution in [-0.2, 0) is 0 Å². The van der Waals surface area contributed by atoms with E-state index in [9.17, 15) is 0 Å². The van der Waals surface area contributed by atoms with Crippen LogP contribution in [0.3, 0.4) is 0 Å². The van der Waals surface area contributed by atoms with Crippen LogP contribution in [0.5, 0.6) is 0 Å². The largest absolute Gasteiger partial charge is 2.00 e. The third-order valence-electron chi connectivity index (χ3n) is 0.502. The number of unbranched alkanes of at least 4 members (excludes halogenated alkanes) is 1. The maximum atomic E-state index is 5.35. The summed E-state index contributed by atoms with van der Waals surface area (Å²) in [7, 11) is 0. The van der Waals surface area contributed by atoms with Crippen molar-refractivity contribution in [3.05, 3.63) is 0 Å². The van der Waals surface area contributed by atoms with Gasteiger partial charge in [-0.3, -0.25) is 0 Å². The molecule has 0 bridgehead atoms. The molecule has 0 nitrogen and oxygen atoms in total. The van der Waals surface area contributed by atoms with E-state index in [1.54, 1.807) is 0 Å². The quantitative estimate of drug-likeness (QED) is 0.282. The van der Waals surface area contributed by atoms with Gasteiger partial charge in [0.2, 0.25) is 0 Å². The molecule has 0 aliphatic heterocycles. The van der Waals surface area contributed by atoms with Crippen LogP contribution in [-0.4, -0.2) is 28.9 Å². The molecule has 0 aromatic carbocycles. The van der Waals surface area contributed by atoms with Gasteiger partial charge in [-0.2, -0.15) is 0 Å². The fraction of sp³-hybridized carbons (Fsp3) is 0.600. The van der Waals surface area contributed by atoms with Gasteiger partial charge in [0.05, 0.1) is 0 Å². The van der Waals surface area contributed by atoms with Crippen molar-refractivity contribution in [2.45, 2.75) is 12.8 Å². The van der Waals surface area contributed by atoms with Crippen LogP contribution in [0.1, 0.15) is 15.7 Å². The van der Waals surface area contributed by atoms with Crippen LogP contribution in [0.4, 0.5) is 0 Å². The molecule has 0 atom stereocenters. The summed E-state index contributed by atoms with van der Waals surface area (Å²) in [5.74, 6) is 3.54. The Labute approximate surface area is 82.6 Å². The Balaban J connectivity index is -0.0000000600. The first-order chi connectivity index (χ1) is 3.41. The molecule has 44 valence electrons. The van der Waals surface area contributed by atoms with Crippen LogP contribution >= 0.6 is 27.5 Å². The minimum Gasteiger partial charge on any atom is -1.00 e. The monoisotopic (exact) mass is 206 g/mol. The second-order valence-corrected chi connectivity index (χ2v) is 1.84. The first-order valence-electron chi connectivity index (χ1n) is 2.06. The van der Waals surface area contributed by atoms with Crippen LogP contribution in [0, 0.1) is 10.8 Å². The van der Waals surface area contributed by atoms with Crippen LogP contribution in [0.15, 0.2) is 0 Å². The molecule has 8 heavy (non-hydrogen) atoms. The van der Waals surface area contributed by atoms with Gasteiger partial charge < -0.3 is 2.85 Å². The molecule has 0 N–H and O–H groups in total. The van der Waals surface area contributed by atoms with Gasteiger partial charge >= 0.3 is 23.1 Å². The van der Waals surface area contributed by atoms with E-state index in [-0.39, 0.29) is 25.9 Å². The molecule has 0 aromatic rings. The molecule has 0 heterocycles. The Morgan fingerprint density at radius 3 is 2.62 bits per heavy atom. The normalized spacial score (nSPS) is 6.25. The van der Waals surface area contributed by atoms with Crippen molar-refractivity contribution < 1.29 is 2.85 Å². The van der Waals surface area contributed by atoms with Gasteiger partial charge in [-0.25, -0.2) is 0 Å². The summed E-state index contributed by atoms with van der Waals surface area (Å²) in [4.78, 5) is 2.61. The molecule has 0 rings (SSSR count). The maximum absolute atomic E-state index is 5.35. The Bertz CT molecular complexity index is 91.4. The van der Waals surface area contributed by atoms with Gasteiger partial charge in [0, 0.05) is 28.2 Å². The number of alkyl halides is 1. The number of halogens is 2. The fourth-order valence-electron chi connectivity index (χ4n) is 0.202. The summed E-state index contributed by atoms with van der Waals surface area (Å²) in [6.45, 7) is 0. The Morgan fingerprint density at radius 2 is 2.25 bits per heavy atom. The first kappa shape index (κ1) is 11.8. The SMILES string of the molecule is ClCCCC#CBr.[H-].[H-].[Mg+2]. The van der Waals surface area contributed by atoms with E-state index in [1.807, 2.05) is 0 Å². The molecule has 0 aliphatic carbocycles. The van der Waals surface area contributed by atoms with Gasteiger partial charge in [-0.05, 0) is 11.3 Å². The van der Waals surface area contributed by atoms with Crippen LogP contribution in [0.2, 0.25) is 0 Å². The summed E-state index contributed by atoms with van der Waals surface area (Å²) in [6.07, 6.45) is 1.88. The zero-order chi connectivity index (χ0) is 5.54. The second-order valence-electron chi connectivity index (χ2n) is 1.06. The van der Waals surface area contributed by atoms with Crippen LogP contribution in [0.25, 0.3) is 0 Å². The molecule has 0 saturated heterocycles. The van der Waals surface area contributed by atoms with Gasteiger partial charge in [0.25, 0.3) is 0 Å². The Morgan fingerprint density at radius 1 is 1.62 bits per heavy atom. The summed E-state index contributed by atoms with van der Waals surface area (Å²) in [5, 5.41) is 0. The average molecular weight is 208 g/mol. The number of rotatable bonds is 2. The predicted octanol–water partition coefficient (Wildman–Crippen LogP) is 2.21. The molecule has 0 spiro atoms. The summed E-state index contributed by atoms with van der Waals surface area (Å²) in [6, 6.07) is 0. The van der Waals surface area contributed by atoms with E-state index in [1.165, 1.54) is 0 Å². The molecule has 0 aliphatic rings. The van der Waals surface area contributed by atoms with Gasteiger partial charge in [-0.1, -0.05) is 5.92 Å². The third-order valence-corrected chi connectivity index (χ3v) is 1.05. The smallest absolute Gasteiger partial charge is 1.00 e. The molecule has 0 saturated carbocycles. The first-order valence-corrected chi connectivity index (χ1v) is 3.39. The Hall–Kier alpha value is 1.10. The van der Waals surface area contributed by atoms with E-state index in [2.05, 4.69) is 26.7 Å². The van der Waals surface area contributed by atoms with Crippen molar-refractivity contribution in [1.82, 2.24) is 0 Å². The molecule has 0 amide bonds. The molecule has 3 heteroatoms. The fourth-order valence-corrected chi connectivity index (χ4v) is 0.534. The number of hydrogen-bond donors (Lipinski definition) is 0. The molecular formula is C5H8BrClMg. The van der Waals surface area contributed by atoms with E-state index < -0.39 is 0 Å². The van der Waals surface area contributed by atoms with E-state index in [0.29, 0.717) is 5.88 Å². The van der Waals surface area contributed by atoms with Gasteiger partial charge in [0.1, 0.15) is 0 Å². The molecule has 0 unspecified atom stereocenters. The van der Waals surface area contributed by atoms with Crippen molar-refractivity contribution in [2.75, 3.05) is 5.88 Å². The van der Waals surface area contributed by atoms with Crippen molar-refractivity contribution in [2.24, 2.45) is 0 Å². The maximum Gasteiger partial charge on any atom is 2.00 e. The van der Waals surface area contributed by atoms with E-state index in [0.717, 1.165) is 12.8 Å². The van der Waals surface area contributed by atoms with Gasteiger partial charge in [-0.15, -0.1) is 11.6 Å². The van der Waals surface area contributed by atoms with Crippen molar-refractivity contribution in [1.29, 1.82) is 0 Å².